The number of alkyl carbamates (subject to hydrolysis) is 1. The lowest BCUT2D eigenvalue weighted by Crippen LogP contribution is -2.57. The van der Waals surface area contributed by atoms with Crippen molar-refractivity contribution in [1.82, 2.24) is 5.32 Å². The summed E-state index contributed by atoms with van der Waals surface area (Å²) in [5.74, 6) is 2.20. The van der Waals surface area contributed by atoms with Crippen molar-refractivity contribution in [3.8, 4) is 0 Å². The molecule has 4 saturated carbocycles. The summed E-state index contributed by atoms with van der Waals surface area (Å²) in [5, 5.41) is 2.90. The number of esters is 1. The van der Waals surface area contributed by atoms with Crippen molar-refractivity contribution < 1.29 is 19.1 Å². The fourth-order valence-corrected chi connectivity index (χ4v) is 7.14. The molecule has 0 aromatic heterocycles. The maximum atomic E-state index is 13.0. The lowest BCUT2D eigenvalue weighted by Gasteiger charge is -2.53. The van der Waals surface area contributed by atoms with Gasteiger partial charge in [-0.05, 0) is 105 Å². The summed E-state index contributed by atoms with van der Waals surface area (Å²) in [5.41, 5.74) is 2.67. The van der Waals surface area contributed by atoms with Crippen LogP contribution < -0.4 is 5.32 Å². The molecule has 0 radical (unpaired) electrons. The zero-order valence-corrected chi connectivity index (χ0v) is 18.8. The molecule has 1 amide bonds. The minimum atomic E-state index is -1.15. The Bertz CT molecular complexity index is 837. The summed E-state index contributed by atoms with van der Waals surface area (Å²) in [6.45, 7) is 1.75. The SMILES string of the molecule is COC(=O)C(C)(Cc1ccc2c(c1)CCCC2)NC(=O)OC1C2CC3CC(C2)CC1C3. The molecule has 4 bridgehead atoms. The summed E-state index contributed by atoms with van der Waals surface area (Å²) < 4.78 is 11.1. The van der Waals surface area contributed by atoms with E-state index in [0.29, 0.717) is 18.3 Å². The van der Waals surface area contributed by atoms with Crippen LogP contribution in [0.15, 0.2) is 18.2 Å². The number of hydrogen-bond acceptors (Lipinski definition) is 4. The number of carbonyl (C=O) groups is 2. The molecule has 5 nitrogen and oxygen atoms in total. The van der Waals surface area contributed by atoms with E-state index in [-0.39, 0.29) is 6.10 Å². The van der Waals surface area contributed by atoms with Crippen LogP contribution in [-0.4, -0.2) is 30.8 Å². The van der Waals surface area contributed by atoms with Gasteiger partial charge >= 0.3 is 12.1 Å². The number of aryl methyl sites for hydroxylation is 2. The summed E-state index contributed by atoms with van der Waals surface area (Å²) in [6.07, 6.45) is 10.7. The smallest absolute Gasteiger partial charge is 0.408 e. The number of benzene rings is 1. The first-order valence-electron chi connectivity index (χ1n) is 12.1. The summed E-state index contributed by atoms with van der Waals surface area (Å²) in [4.78, 5) is 25.7. The van der Waals surface area contributed by atoms with Crippen LogP contribution in [0.2, 0.25) is 0 Å². The molecule has 6 rings (SSSR count). The highest BCUT2D eigenvalue weighted by Gasteiger charge is 2.50. The molecule has 4 fully saturated rings. The van der Waals surface area contributed by atoms with Crippen LogP contribution in [0.25, 0.3) is 0 Å². The second-order valence-electron chi connectivity index (χ2n) is 10.7. The van der Waals surface area contributed by atoms with Crippen LogP contribution >= 0.6 is 0 Å². The lowest BCUT2D eigenvalue weighted by atomic mass is 9.55. The molecule has 0 saturated heterocycles. The second-order valence-corrected chi connectivity index (χ2v) is 10.7. The minimum absolute atomic E-state index is 0.00144. The topological polar surface area (TPSA) is 64.6 Å². The molecule has 5 aliphatic rings. The number of amides is 1. The van der Waals surface area contributed by atoms with Gasteiger partial charge in [0.25, 0.3) is 0 Å². The number of methoxy groups -OCH3 is 1. The van der Waals surface area contributed by atoms with Crippen molar-refractivity contribution in [2.45, 2.75) is 82.8 Å². The molecular formula is C26H35NO4. The molecule has 5 heteroatoms. The molecule has 168 valence electrons. The van der Waals surface area contributed by atoms with E-state index in [9.17, 15) is 9.59 Å². The van der Waals surface area contributed by atoms with E-state index in [2.05, 4.69) is 23.5 Å². The molecule has 1 aromatic carbocycles. The van der Waals surface area contributed by atoms with Crippen LogP contribution in [0.4, 0.5) is 4.79 Å². The van der Waals surface area contributed by atoms with Gasteiger partial charge in [-0.25, -0.2) is 9.59 Å². The highest BCUT2D eigenvalue weighted by molar-refractivity contribution is 5.85. The Kier molecular flexibility index (Phi) is 5.47. The molecule has 5 aliphatic carbocycles. The third-order valence-electron chi connectivity index (χ3n) is 8.37. The molecule has 1 unspecified atom stereocenters. The largest absolute Gasteiger partial charge is 0.467 e. The molecule has 0 aliphatic heterocycles. The quantitative estimate of drug-likeness (QED) is 0.701. The van der Waals surface area contributed by atoms with E-state index >= 15 is 0 Å². The molecule has 0 heterocycles. The maximum Gasteiger partial charge on any atom is 0.408 e. The molecular weight excluding hydrogens is 390 g/mol. The van der Waals surface area contributed by atoms with Crippen molar-refractivity contribution in [3.63, 3.8) is 0 Å². The number of ether oxygens (including phenoxy) is 2. The molecule has 31 heavy (non-hydrogen) atoms. The van der Waals surface area contributed by atoms with E-state index in [1.165, 1.54) is 63.2 Å². The Morgan fingerprint density at radius 3 is 2.29 bits per heavy atom. The average Bonchev–Trinajstić information content (AvgIpc) is 2.75. The fourth-order valence-electron chi connectivity index (χ4n) is 7.14. The summed E-state index contributed by atoms with van der Waals surface area (Å²) >= 11 is 0. The van der Waals surface area contributed by atoms with Gasteiger partial charge in [0.2, 0.25) is 0 Å². The first-order chi connectivity index (χ1) is 14.9. The Balaban J connectivity index is 1.28. The molecule has 1 N–H and O–H groups in total. The fraction of sp³-hybridized carbons (Fsp3) is 0.692. The van der Waals surface area contributed by atoms with Gasteiger partial charge in [-0.3, -0.25) is 0 Å². The number of fused-ring (bicyclic) bond motifs is 1. The van der Waals surface area contributed by atoms with Gasteiger partial charge in [-0.1, -0.05) is 18.2 Å². The van der Waals surface area contributed by atoms with Crippen LogP contribution in [0.5, 0.6) is 0 Å². The van der Waals surface area contributed by atoms with E-state index in [4.69, 9.17) is 9.47 Å². The number of rotatable bonds is 5. The average molecular weight is 426 g/mol. The van der Waals surface area contributed by atoms with Crippen LogP contribution in [0, 0.1) is 23.7 Å². The van der Waals surface area contributed by atoms with E-state index in [1.54, 1.807) is 6.92 Å². The van der Waals surface area contributed by atoms with Crippen LogP contribution in [0.1, 0.15) is 68.6 Å². The normalized spacial score (nSPS) is 32.6. The van der Waals surface area contributed by atoms with E-state index in [1.807, 2.05) is 0 Å². The number of hydrogen-bond donors (Lipinski definition) is 1. The zero-order valence-electron chi connectivity index (χ0n) is 18.8. The van der Waals surface area contributed by atoms with Gasteiger partial charge in [0.15, 0.2) is 0 Å². The van der Waals surface area contributed by atoms with Crippen molar-refractivity contribution in [2.75, 3.05) is 7.11 Å². The van der Waals surface area contributed by atoms with Gasteiger partial charge in [-0.15, -0.1) is 0 Å². The van der Waals surface area contributed by atoms with Crippen molar-refractivity contribution >= 4 is 12.1 Å². The monoisotopic (exact) mass is 425 g/mol. The third-order valence-corrected chi connectivity index (χ3v) is 8.37. The second kappa shape index (κ2) is 8.14. The summed E-state index contributed by atoms with van der Waals surface area (Å²) in [6, 6.07) is 6.45. The number of nitrogens with one attached hydrogen (secondary N) is 1. The summed E-state index contributed by atoms with van der Waals surface area (Å²) in [7, 11) is 1.37. The molecule has 0 spiro atoms. The highest BCUT2D eigenvalue weighted by Crippen LogP contribution is 2.54. The van der Waals surface area contributed by atoms with E-state index in [0.717, 1.165) is 30.2 Å². The number of carbonyl (C=O) groups excluding carboxylic acids is 2. The Morgan fingerprint density at radius 1 is 1.00 bits per heavy atom. The molecule has 1 aromatic rings. The highest BCUT2D eigenvalue weighted by atomic mass is 16.6. The third kappa shape index (κ3) is 4.08. The van der Waals surface area contributed by atoms with Crippen molar-refractivity contribution in [1.29, 1.82) is 0 Å². The first-order valence-corrected chi connectivity index (χ1v) is 12.1. The maximum absolute atomic E-state index is 13.0. The standard InChI is InChI=1S/C26H35NO4/c1-26(24(28)30-2,15-16-7-8-19-5-3-4-6-20(19)10-16)27-25(29)31-23-21-11-17-9-18(13-21)14-22(23)12-17/h7-8,10,17-18,21-23H,3-6,9,11-15H2,1-2H3,(H,27,29). The Labute approximate surface area is 185 Å². The van der Waals surface area contributed by atoms with Crippen LogP contribution in [-0.2, 0) is 33.5 Å². The van der Waals surface area contributed by atoms with Gasteiger partial charge in [0.1, 0.15) is 11.6 Å². The van der Waals surface area contributed by atoms with Crippen molar-refractivity contribution in [2.24, 2.45) is 23.7 Å². The van der Waals surface area contributed by atoms with E-state index < -0.39 is 17.6 Å². The lowest BCUT2D eigenvalue weighted by molar-refractivity contribution is -0.148. The van der Waals surface area contributed by atoms with Crippen LogP contribution in [0.3, 0.4) is 0 Å². The molecule has 1 atom stereocenters. The predicted octanol–water partition coefficient (Wildman–Crippen LogP) is 4.59. The van der Waals surface area contributed by atoms with Gasteiger partial charge in [0, 0.05) is 6.42 Å². The predicted molar refractivity (Wildman–Crippen MR) is 118 cm³/mol. The van der Waals surface area contributed by atoms with Gasteiger partial charge < -0.3 is 14.8 Å². The first kappa shape index (κ1) is 20.8. The Morgan fingerprint density at radius 2 is 1.65 bits per heavy atom. The minimum Gasteiger partial charge on any atom is -0.467 e. The Hall–Kier alpha value is -2.04. The zero-order chi connectivity index (χ0) is 21.6. The van der Waals surface area contributed by atoms with Gasteiger partial charge in [-0.2, -0.15) is 0 Å². The van der Waals surface area contributed by atoms with Crippen molar-refractivity contribution in [3.05, 3.63) is 34.9 Å². The van der Waals surface area contributed by atoms with Gasteiger partial charge in [0.05, 0.1) is 7.11 Å².